The SMILES string of the molecule is C[C@@H]([C@@H](Cl)c1ccccc1)[S@@](=O)c1ccccc1. The van der Waals surface area contributed by atoms with Gasteiger partial charge in [0.25, 0.3) is 0 Å². The van der Waals surface area contributed by atoms with Crippen molar-refractivity contribution in [1.82, 2.24) is 0 Å². The van der Waals surface area contributed by atoms with Crippen LogP contribution < -0.4 is 0 Å². The van der Waals surface area contributed by atoms with Crippen LogP contribution in [-0.2, 0) is 10.8 Å². The molecule has 0 saturated heterocycles. The Kier molecular flexibility index (Phi) is 4.56. The van der Waals surface area contributed by atoms with Gasteiger partial charge >= 0.3 is 0 Å². The molecule has 0 amide bonds. The summed E-state index contributed by atoms with van der Waals surface area (Å²) in [6, 6.07) is 19.2. The topological polar surface area (TPSA) is 17.1 Å². The molecule has 3 atom stereocenters. The fourth-order valence-corrected chi connectivity index (χ4v) is 3.44. The maximum Gasteiger partial charge on any atom is 0.0729 e. The van der Waals surface area contributed by atoms with Crippen LogP contribution in [0.3, 0.4) is 0 Å². The molecule has 1 nitrogen and oxygen atoms in total. The van der Waals surface area contributed by atoms with E-state index in [1.165, 1.54) is 0 Å². The lowest BCUT2D eigenvalue weighted by Gasteiger charge is -2.18. The second-order valence-corrected chi connectivity index (χ2v) is 6.41. The zero-order chi connectivity index (χ0) is 13.0. The molecule has 0 aromatic heterocycles. The van der Waals surface area contributed by atoms with Gasteiger partial charge < -0.3 is 0 Å². The number of hydrogen-bond acceptors (Lipinski definition) is 1. The number of halogens is 1. The van der Waals surface area contributed by atoms with Crippen LogP contribution in [0.5, 0.6) is 0 Å². The fourth-order valence-electron chi connectivity index (χ4n) is 1.79. The van der Waals surface area contributed by atoms with Crippen molar-refractivity contribution in [3.63, 3.8) is 0 Å². The highest BCUT2D eigenvalue weighted by atomic mass is 35.5. The van der Waals surface area contributed by atoms with Crippen molar-refractivity contribution in [2.75, 3.05) is 0 Å². The molecule has 2 rings (SSSR count). The van der Waals surface area contributed by atoms with Crippen molar-refractivity contribution in [2.45, 2.75) is 22.4 Å². The molecule has 2 aromatic carbocycles. The summed E-state index contributed by atoms with van der Waals surface area (Å²) in [5, 5.41) is -0.372. The molecule has 18 heavy (non-hydrogen) atoms. The molecule has 0 heterocycles. The molecule has 0 aliphatic heterocycles. The van der Waals surface area contributed by atoms with E-state index in [4.69, 9.17) is 11.6 Å². The average Bonchev–Trinajstić information content (AvgIpc) is 2.47. The predicted molar refractivity (Wildman–Crippen MR) is 77.3 cm³/mol. The predicted octanol–water partition coefficient (Wildman–Crippen LogP) is 4.16. The van der Waals surface area contributed by atoms with Gasteiger partial charge in [-0.05, 0) is 24.6 Å². The van der Waals surface area contributed by atoms with Crippen LogP contribution in [-0.4, -0.2) is 9.46 Å². The van der Waals surface area contributed by atoms with Crippen molar-refractivity contribution in [3.8, 4) is 0 Å². The van der Waals surface area contributed by atoms with E-state index in [-0.39, 0.29) is 10.6 Å². The van der Waals surface area contributed by atoms with Crippen LogP contribution in [0.2, 0.25) is 0 Å². The molecule has 0 saturated carbocycles. The summed E-state index contributed by atoms with van der Waals surface area (Å²) >= 11 is 6.41. The number of rotatable bonds is 4. The fraction of sp³-hybridized carbons (Fsp3) is 0.200. The second-order valence-electron chi connectivity index (χ2n) is 4.13. The molecule has 3 heteroatoms. The zero-order valence-electron chi connectivity index (χ0n) is 10.1. The smallest absolute Gasteiger partial charge is 0.0729 e. The van der Waals surface area contributed by atoms with Gasteiger partial charge in [0.1, 0.15) is 0 Å². The lowest BCUT2D eigenvalue weighted by molar-refractivity contribution is 0.670. The summed E-state index contributed by atoms with van der Waals surface area (Å²) in [5.41, 5.74) is 1.01. The standard InChI is InChI=1S/C15H15ClOS/c1-12(15(16)13-8-4-2-5-9-13)18(17)14-10-6-3-7-11-14/h2-12,15H,1H3/t12-,15+,18+/m0/s1. The third-order valence-electron chi connectivity index (χ3n) is 2.84. The second kappa shape index (κ2) is 6.17. The maximum atomic E-state index is 12.4. The van der Waals surface area contributed by atoms with Gasteiger partial charge in [0.05, 0.1) is 21.4 Å². The molecule has 0 aliphatic carbocycles. The van der Waals surface area contributed by atoms with Crippen LogP contribution in [0.15, 0.2) is 65.6 Å². The highest BCUT2D eigenvalue weighted by molar-refractivity contribution is 7.85. The van der Waals surface area contributed by atoms with E-state index in [9.17, 15) is 4.21 Å². The van der Waals surface area contributed by atoms with E-state index in [0.717, 1.165) is 10.5 Å². The van der Waals surface area contributed by atoms with E-state index in [1.807, 2.05) is 67.6 Å². The van der Waals surface area contributed by atoms with Gasteiger partial charge in [-0.3, -0.25) is 4.21 Å². The van der Waals surface area contributed by atoms with Gasteiger partial charge in [-0.15, -0.1) is 11.6 Å². The summed E-state index contributed by atoms with van der Waals surface area (Å²) < 4.78 is 12.4. The Morgan fingerprint density at radius 2 is 1.44 bits per heavy atom. The van der Waals surface area contributed by atoms with Crippen molar-refractivity contribution >= 4 is 22.4 Å². The maximum absolute atomic E-state index is 12.4. The minimum Gasteiger partial charge on any atom is -0.254 e. The number of benzene rings is 2. The lowest BCUT2D eigenvalue weighted by Crippen LogP contribution is -2.17. The first-order valence-electron chi connectivity index (χ1n) is 5.85. The zero-order valence-corrected chi connectivity index (χ0v) is 11.7. The Bertz CT molecular complexity index is 513. The molecule has 2 aromatic rings. The summed E-state index contributed by atoms with van der Waals surface area (Å²) in [6.07, 6.45) is 0. The summed E-state index contributed by atoms with van der Waals surface area (Å²) in [7, 11) is -1.09. The van der Waals surface area contributed by atoms with Crippen molar-refractivity contribution in [2.24, 2.45) is 0 Å². The highest BCUT2D eigenvalue weighted by Crippen LogP contribution is 2.29. The van der Waals surface area contributed by atoms with Crippen LogP contribution in [0.1, 0.15) is 17.9 Å². The van der Waals surface area contributed by atoms with Crippen LogP contribution >= 0.6 is 11.6 Å². The third kappa shape index (κ3) is 3.01. The Morgan fingerprint density at radius 1 is 0.944 bits per heavy atom. The highest BCUT2D eigenvalue weighted by Gasteiger charge is 2.23. The van der Waals surface area contributed by atoms with Crippen LogP contribution in [0, 0.1) is 0 Å². The summed E-state index contributed by atoms with van der Waals surface area (Å²) in [4.78, 5) is 0.826. The van der Waals surface area contributed by atoms with Crippen LogP contribution in [0.4, 0.5) is 0 Å². The Labute approximate surface area is 115 Å². The van der Waals surface area contributed by atoms with E-state index < -0.39 is 10.8 Å². The van der Waals surface area contributed by atoms with Gasteiger partial charge in [-0.25, -0.2) is 0 Å². The number of alkyl halides is 1. The summed E-state index contributed by atoms with van der Waals surface area (Å²) in [5.74, 6) is 0. The van der Waals surface area contributed by atoms with E-state index >= 15 is 0 Å². The molecule has 0 spiro atoms. The van der Waals surface area contributed by atoms with E-state index in [2.05, 4.69) is 0 Å². The first kappa shape index (κ1) is 13.3. The molecule has 0 radical (unpaired) electrons. The largest absolute Gasteiger partial charge is 0.254 e. The average molecular weight is 279 g/mol. The first-order valence-corrected chi connectivity index (χ1v) is 7.49. The molecule has 94 valence electrons. The molecule has 0 bridgehead atoms. The molecule has 0 fully saturated rings. The first-order chi connectivity index (χ1) is 8.70. The van der Waals surface area contributed by atoms with Gasteiger partial charge in [0, 0.05) is 4.90 Å². The van der Waals surface area contributed by atoms with E-state index in [0.29, 0.717) is 0 Å². The van der Waals surface area contributed by atoms with Crippen LogP contribution in [0.25, 0.3) is 0 Å². The molecule has 0 N–H and O–H groups in total. The molecular weight excluding hydrogens is 264 g/mol. The van der Waals surface area contributed by atoms with E-state index in [1.54, 1.807) is 0 Å². The number of hydrogen-bond donors (Lipinski definition) is 0. The molecule has 0 unspecified atom stereocenters. The minimum absolute atomic E-state index is 0.128. The van der Waals surface area contributed by atoms with Gasteiger partial charge in [0.15, 0.2) is 0 Å². The quantitative estimate of drug-likeness (QED) is 0.768. The Hall–Kier alpha value is -1.12. The Balaban J connectivity index is 2.17. The van der Waals surface area contributed by atoms with Gasteiger partial charge in [-0.1, -0.05) is 48.5 Å². The van der Waals surface area contributed by atoms with Gasteiger partial charge in [-0.2, -0.15) is 0 Å². The summed E-state index contributed by atoms with van der Waals surface area (Å²) in [6.45, 7) is 1.92. The van der Waals surface area contributed by atoms with Crippen molar-refractivity contribution < 1.29 is 4.21 Å². The Morgan fingerprint density at radius 3 is 2.00 bits per heavy atom. The van der Waals surface area contributed by atoms with Gasteiger partial charge in [0.2, 0.25) is 0 Å². The molecular formula is C15H15ClOS. The normalized spacial score (nSPS) is 15.9. The molecule has 0 aliphatic rings. The minimum atomic E-state index is -1.09. The monoisotopic (exact) mass is 278 g/mol. The lowest BCUT2D eigenvalue weighted by atomic mass is 10.1. The van der Waals surface area contributed by atoms with Crippen molar-refractivity contribution in [3.05, 3.63) is 66.2 Å². The third-order valence-corrected chi connectivity index (χ3v) is 5.31. The van der Waals surface area contributed by atoms with Crippen molar-refractivity contribution in [1.29, 1.82) is 0 Å².